The Bertz CT molecular complexity index is 186. The maximum atomic E-state index is 5.46. The summed E-state index contributed by atoms with van der Waals surface area (Å²) in [6, 6.07) is 0. The Labute approximate surface area is 89.8 Å². The van der Waals surface area contributed by atoms with Crippen molar-refractivity contribution in [3.63, 3.8) is 0 Å². The SMILES string of the molecule is CC(C)(C)ONC(=CBr)C(C)(C)C. The van der Waals surface area contributed by atoms with E-state index >= 15 is 0 Å². The Hall–Kier alpha value is -0.0200. The second-order valence-corrected chi connectivity index (χ2v) is 5.55. The van der Waals surface area contributed by atoms with Crippen molar-refractivity contribution in [2.24, 2.45) is 5.41 Å². The molecule has 0 spiro atoms. The molecule has 0 atom stereocenters. The summed E-state index contributed by atoms with van der Waals surface area (Å²) < 4.78 is 0. The zero-order valence-electron chi connectivity index (χ0n) is 9.36. The van der Waals surface area contributed by atoms with Crippen LogP contribution in [0.2, 0.25) is 0 Å². The van der Waals surface area contributed by atoms with E-state index < -0.39 is 0 Å². The molecule has 1 N–H and O–H groups in total. The van der Waals surface area contributed by atoms with Gasteiger partial charge in [0.05, 0.1) is 11.3 Å². The third-order valence-electron chi connectivity index (χ3n) is 1.38. The molecule has 3 heteroatoms. The topological polar surface area (TPSA) is 21.3 Å². The van der Waals surface area contributed by atoms with Gasteiger partial charge in [0.25, 0.3) is 0 Å². The molecule has 0 saturated heterocycles. The lowest BCUT2D eigenvalue weighted by atomic mass is 9.93. The number of rotatable bonds is 2. The van der Waals surface area contributed by atoms with Crippen LogP contribution in [0.5, 0.6) is 0 Å². The Morgan fingerprint density at radius 3 is 1.85 bits per heavy atom. The molecule has 0 saturated carbocycles. The first-order chi connectivity index (χ1) is 5.67. The van der Waals surface area contributed by atoms with Gasteiger partial charge >= 0.3 is 0 Å². The van der Waals surface area contributed by atoms with Crippen LogP contribution in [-0.2, 0) is 4.84 Å². The number of allylic oxidation sites excluding steroid dienone is 1. The van der Waals surface area contributed by atoms with E-state index in [9.17, 15) is 0 Å². The van der Waals surface area contributed by atoms with Gasteiger partial charge in [-0.25, -0.2) is 0 Å². The van der Waals surface area contributed by atoms with Gasteiger partial charge in [-0.1, -0.05) is 36.7 Å². The van der Waals surface area contributed by atoms with Gasteiger partial charge in [-0.15, -0.1) is 0 Å². The lowest BCUT2D eigenvalue weighted by Crippen LogP contribution is -2.32. The molecule has 13 heavy (non-hydrogen) atoms. The monoisotopic (exact) mass is 249 g/mol. The average molecular weight is 250 g/mol. The van der Waals surface area contributed by atoms with Gasteiger partial charge in [0.1, 0.15) is 0 Å². The molecule has 0 unspecified atom stereocenters. The van der Waals surface area contributed by atoms with Crippen LogP contribution in [-0.4, -0.2) is 5.60 Å². The summed E-state index contributed by atoms with van der Waals surface area (Å²) in [4.78, 5) is 7.32. The van der Waals surface area contributed by atoms with Gasteiger partial charge < -0.3 is 0 Å². The van der Waals surface area contributed by atoms with E-state index in [0.29, 0.717) is 0 Å². The molecule has 0 aromatic rings. The molecule has 0 bridgehead atoms. The summed E-state index contributed by atoms with van der Waals surface area (Å²) in [5.41, 5.74) is 3.88. The fourth-order valence-electron chi connectivity index (χ4n) is 0.547. The van der Waals surface area contributed by atoms with Crippen molar-refractivity contribution in [1.82, 2.24) is 5.48 Å². The number of nitrogens with one attached hydrogen (secondary N) is 1. The number of hydrogen-bond donors (Lipinski definition) is 1. The van der Waals surface area contributed by atoms with Gasteiger partial charge in [0.2, 0.25) is 0 Å². The molecular formula is C10H20BrNO. The van der Waals surface area contributed by atoms with Gasteiger partial charge in [0, 0.05) is 10.4 Å². The van der Waals surface area contributed by atoms with Crippen LogP contribution in [0.3, 0.4) is 0 Å². The molecule has 0 aliphatic carbocycles. The van der Waals surface area contributed by atoms with Crippen molar-refractivity contribution in [3.05, 3.63) is 10.7 Å². The standard InChI is InChI=1S/C10H20BrNO/c1-9(2,3)8(7-11)12-13-10(4,5)6/h7,12H,1-6H3. The van der Waals surface area contributed by atoms with Gasteiger partial charge in [-0.3, -0.25) is 10.3 Å². The lowest BCUT2D eigenvalue weighted by Gasteiger charge is -2.27. The molecule has 78 valence electrons. The van der Waals surface area contributed by atoms with Crippen LogP contribution in [0, 0.1) is 5.41 Å². The Morgan fingerprint density at radius 1 is 1.15 bits per heavy atom. The lowest BCUT2D eigenvalue weighted by molar-refractivity contribution is -0.0641. The number of hydroxylamine groups is 1. The van der Waals surface area contributed by atoms with Crippen LogP contribution in [0.1, 0.15) is 41.5 Å². The number of hydrogen-bond acceptors (Lipinski definition) is 2. The fraction of sp³-hybridized carbons (Fsp3) is 0.800. The van der Waals surface area contributed by atoms with E-state index in [4.69, 9.17) is 4.84 Å². The molecule has 0 fully saturated rings. The predicted octanol–water partition coefficient (Wildman–Crippen LogP) is 3.59. The molecule has 0 heterocycles. The van der Waals surface area contributed by atoms with Crippen molar-refractivity contribution in [2.75, 3.05) is 0 Å². The van der Waals surface area contributed by atoms with E-state index in [2.05, 4.69) is 42.2 Å². The maximum Gasteiger partial charge on any atom is 0.0876 e. The normalized spacial score (nSPS) is 14.5. The minimum atomic E-state index is -0.174. The molecule has 2 nitrogen and oxygen atoms in total. The molecular weight excluding hydrogens is 230 g/mol. The molecule has 0 amide bonds. The highest BCUT2D eigenvalue weighted by molar-refractivity contribution is 9.11. The van der Waals surface area contributed by atoms with Gasteiger partial charge in [-0.05, 0) is 20.8 Å². The highest BCUT2D eigenvalue weighted by Crippen LogP contribution is 2.24. The quantitative estimate of drug-likeness (QED) is 0.756. The molecule has 0 aromatic heterocycles. The third-order valence-corrected chi connectivity index (χ3v) is 1.84. The van der Waals surface area contributed by atoms with E-state index in [1.807, 2.05) is 25.8 Å². The molecule has 0 aromatic carbocycles. The summed E-state index contributed by atoms with van der Waals surface area (Å²) in [7, 11) is 0. The molecule has 0 rings (SSSR count). The molecule has 0 aliphatic heterocycles. The van der Waals surface area contributed by atoms with Crippen LogP contribution in [0.15, 0.2) is 10.7 Å². The Balaban J connectivity index is 4.20. The Kier molecular flexibility index (Phi) is 4.46. The first-order valence-corrected chi connectivity index (χ1v) is 5.33. The van der Waals surface area contributed by atoms with Crippen molar-refractivity contribution in [3.8, 4) is 0 Å². The first kappa shape index (κ1) is 13.0. The minimum Gasteiger partial charge on any atom is -0.271 e. The Morgan fingerprint density at radius 2 is 1.62 bits per heavy atom. The van der Waals surface area contributed by atoms with Crippen LogP contribution in [0.4, 0.5) is 0 Å². The van der Waals surface area contributed by atoms with E-state index in [-0.39, 0.29) is 11.0 Å². The predicted molar refractivity (Wildman–Crippen MR) is 60.4 cm³/mol. The second-order valence-electron chi connectivity index (χ2n) is 5.09. The van der Waals surface area contributed by atoms with Crippen molar-refractivity contribution in [1.29, 1.82) is 0 Å². The van der Waals surface area contributed by atoms with Crippen molar-refractivity contribution in [2.45, 2.75) is 47.1 Å². The zero-order valence-corrected chi connectivity index (χ0v) is 10.9. The van der Waals surface area contributed by atoms with Gasteiger partial charge in [0.15, 0.2) is 0 Å². The average Bonchev–Trinajstić information content (AvgIpc) is 1.82. The summed E-state index contributed by atoms with van der Waals surface area (Å²) in [6.45, 7) is 12.4. The van der Waals surface area contributed by atoms with Crippen LogP contribution >= 0.6 is 15.9 Å². The summed E-state index contributed by atoms with van der Waals surface area (Å²) in [6.07, 6.45) is 0. The molecule has 0 radical (unpaired) electrons. The van der Waals surface area contributed by atoms with Crippen LogP contribution < -0.4 is 5.48 Å². The highest BCUT2D eigenvalue weighted by Gasteiger charge is 2.19. The minimum absolute atomic E-state index is 0.0642. The van der Waals surface area contributed by atoms with Crippen molar-refractivity contribution >= 4 is 15.9 Å². The zero-order chi connectivity index (χ0) is 10.7. The van der Waals surface area contributed by atoms with E-state index in [1.54, 1.807) is 0 Å². The van der Waals surface area contributed by atoms with Crippen LogP contribution in [0.25, 0.3) is 0 Å². The fourth-order valence-corrected chi connectivity index (χ4v) is 1.33. The maximum absolute atomic E-state index is 5.46. The highest BCUT2D eigenvalue weighted by atomic mass is 79.9. The third kappa shape index (κ3) is 6.11. The van der Waals surface area contributed by atoms with E-state index in [1.165, 1.54) is 0 Å². The second kappa shape index (κ2) is 4.47. The van der Waals surface area contributed by atoms with Gasteiger partial charge in [-0.2, -0.15) is 0 Å². The van der Waals surface area contributed by atoms with Crippen molar-refractivity contribution < 1.29 is 4.84 Å². The summed E-state index contributed by atoms with van der Waals surface area (Å²) in [5, 5.41) is 0. The molecule has 0 aliphatic rings. The summed E-state index contributed by atoms with van der Waals surface area (Å²) >= 11 is 3.31. The largest absolute Gasteiger partial charge is 0.271 e. The number of halogens is 1. The summed E-state index contributed by atoms with van der Waals surface area (Å²) in [5.74, 6) is 0. The smallest absolute Gasteiger partial charge is 0.0876 e. The first-order valence-electron chi connectivity index (χ1n) is 4.42. The van der Waals surface area contributed by atoms with E-state index in [0.717, 1.165) is 5.70 Å².